The Bertz CT molecular complexity index is 1820. The number of carbonyl (C=O) groups is 1. The third kappa shape index (κ3) is 8.59. The van der Waals surface area contributed by atoms with Gasteiger partial charge in [-0.2, -0.15) is 0 Å². The molecule has 0 radical (unpaired) electrons. The Morgan fingerprint density at radius 2 is 1.48 bits per heavy atom. The quantitative estimate of drug-likeness (QED) is 0.135. The highest BCUT2D eigenvalue weighted by Crippen LogP contribution is 2.43. The van der Waals surface area contributed by atoms with Gasteiger partial charge in [-0.3, -0.25) is 4.79 Å². The second-order valence-corrected chi connectivity index (χ2v) is 13.5. The van der Waals surface area contributed by atoms with E-state index in [2.05, 4.69) is 35.9 Å². The van der Waals surface area contributed by atoms with Crippen molar-refractivity contribution in [1.82, 2.24) is 4.57 Å². The average Bonchev–Trinajstić information content (AvgIpc) is 3.47. The molecule has 7 heteroatoms. The minimum Gasteiger partial charge on any atom is -0.373 e. The highest BCUT2D eigenvalue weighted by Gasteiger charge is 2.34. The normalized spacial score (nSPS) is 17.7. The van der Waals surface area contributed by atoms with Crippen LogP contribution in [0.2, 0.25) is 0 Å². The molecule has 0 aliphatic carbocycles. The second kappa shape index (κ2) is 16.4. The predicted molar refractivity (Wildman–Crippen MR) is 197 cm³/mol. The van der Waals surface area contributed by atoms with Gasteiger partial charge in [0.15, 0.2) is 6.29 Å². The van der Waals surface area contributed by atoms with Crippen molar-refractivity contribution < 1.29 is 23.4 Å². The Labute approximate surface area is 295 Å². The van der Waals surface area contributed by atoms with E-state index in [4.69, 9.17) is 14.2 Å². The van der Waals surface area contributed by atoms with E-state index in [1.807, 2.05) is 92.7 Å². The van der Waals surface area contributed by atoms with Crippen LogP contribution in [0.1, 0.15) is 74.5 Å². The van der Waals surface area contributed by atoms with Crippen molar-refractivity contribution in [3.05, 3.63) is 138 Å². The van der Waals surface area contributed by atoms with Gasteiger partial charge in [0.2, 0.25) is 0 Å². The van der Waals surface area contributed by atoms with Crippen LogP contribution in [0.4, 0.5) is 10.1 Å². The number of aromatic nitrogens is 1. The molecule has 0 saturated carbocycles. The van der Waals surface area contributed by atoms with Gasteiger partial charge in [0.25, 0.3) is 5.91 Å². The van der Waals surface area contributed by atoms with Crippen LogP contribution in [0.25, 0.3) is 22.4 Å². The van der Waals surface area contributed by atoms with Crippen molar-refractivity contribution in [2.24, 2.45) is 0 Å². The summed E-state index contributed by atoms with van der Waals surface area (Å²) in [5.74, 6) is -0.503. The zero-order valence-corrected chi connectivity index (χ0v) is 29.4. The monoisotopic (exact) mass is 674 g/mol. The van der Waals surface area contributed by atoms with Crippen molar-refractivity contribution in [1.29, 1.82) is 0 Å². The lowest BCUT2D eigenvalue weighted by Gasteiger charge is -2.36. The van der Waals surface area contributed by atoms with Crippen LogP contribution in [0.15, 0.2) is 115 Å². The molecule has 1 amide bonds. The van der Waals surface area contributed by atoms with Crippen LogP contribution in [0.5, 0.6) is 0 Å². The Kier molecular flexibility index (Phi) is 11.6. The average molecular weight is 675 g/mol. The van der Waals surface area contributed by atoms with Crippen molar-refractivity contribution in [3.63, 3.8) is 0 Å². The van der Waals surface area contributed by atoms with Gasteiger partial charge in [-0.05, 0) is 79.3 Å². The van der Waals surface area contributed by atoms with Crippen LogP contribution >= 0.6 is 0 Å². The zero-order valence-electron chi connectivity index (χ0n) is 29.4. The molecule has 1 aromatic heterocycles. The van der Waals surface area contributed by atoms with E-state index in [0.717, 1.165) is 45.7 Å². The highest BCUT2D eigenvalue weighted by molar-refractivity contribution is 6.12. The van der Waals surface area contributed by atoms with Crippen molar-refractivity contribution >= 4 is 11.6 Å². The number of anilines is 1. The van der Waals surface area contributed by atoms with E-state index in [9.17, 15) is 9.18 Å². The van der Waals surface area contributed by atoms with Crippen LogP contribution in [0.3, 0.4) is 0 Å². The van der Waals surface area contributed by atoms with Gasteiger partial charge in [-0.25, -0.2) is 4.39 Å². The number of hydrogen-bond acceptors (Lipinski definition) is 4. The molecule has 6 rings (SSSR count). The van der Waals surface area contributed by atoms with Gasteiger partial charge in [0.1, 0.15) is 5.82 Å². The Morgan fingerprint density at radius 3 is 2.12 bits per heavy atom. The number of nitrogens with zero attached hydrogens (tertiary/aromatic N) is 1. The largest absolute Gasteiger partial charge is 0.373 e. The van der Waals surface area contributed by atoms with Gasteiger partial charge < -0.3 is 24.1 Å². The molecule has 50 heavy (non-hydrogen) atoms. The third-order valence-electron chi connectivity index (χ3n) is 9.04. The molecule has 1 aliphatic heterocycles. The summed E-state index contributed by atoms with van der Waals surface area (Å²) in [6.07, 6.45) is 1.50. The number of benzene rings is 4. The molecule has 0 bridgehead atoms. The third-order valence-corrected chi connectivity index (χ3v) is 9.04. The van der Waals surface area contributed by atoms with E-state index in [-0.39, 0.29) is 42.2 Å². The van der Waals surface area contributed by atoms with Gasteiger partial charge in [-0.1, -0.05) is 92.7 Å². The number of para-hydroxylation sites is 1. The van der Waals surface area contributed by atoms with Gasteiger partial charge in [0.05, 0.1) is 36.2 Å². The Hall–Kier alpha value is -4.56. The fourth-order valence-corrected chi connectivity index (χ4v) is 6.91. The summed E-state index contributed by atoms with van der Waals surface area (Å²) >= 11 is 0. The predicted octanol–water partition coefficient (Wildman–Crippen LogP) is 10.2. The number of ether oxygens (including phenoxy) is 3. The molecular weight excluding hydrogens is 627 g/mol. The number of amides is 1. The maximum Gasteiger partial charge on any atom is 0.258 e. The van der Waals surface area contributed by atoms with Crippen LogP contribution in [-0.2, 0) is 27.4 Å². The molecule has 1 fully saturated rings. The van der Waals surface area contributed by atoms with Crippen molar-refractivity contribution in [2.75, 3.05) is 5.32 Å². The molecular formula is C43H47FN2O4. The van der Waals surface area contributed by atoms with Crippen molar-refractivity contribution in [2.45, 2.75) is 90.6 Å². The minimum atomic E-state index is -0.382. The molecule has 4 aromatic carbocycles. The molecule has 2 heterocycles. The Morgan fingerprint density at radius 1 is 0.840 bits per heavy atom. The molecule has 1 N–H and O–H groups in total. The van der Waals surface area contributed by atoms with E-state index in [1.54, 1.807) is 12.1 Å². The lowest BCUT2D eigenvalue weighted by molar-refractivity contribution is -0.236. The summed E-state index contributed by atoms with van der Waals surface area (Å²) in [6.45, 7) is 9.37. The second-order valence-electron chi connectivity index (χ2n) is 13.5. The van der Waals surface area contributed by atoms with E-state index < -0.39 is 0 Å². The number of rotatable bonds is 13. The van der Waals surface area contributed by atoms with E-state index in [1.165, 1.54) is 12.1 Å². The smallest absolute Gasteiger partial charge is 0.258 e. The molecule has 6 nitrogen and oxygen atoms in total. The highest BCUT2D eigenvalue weighted by atomic mass is 19.1. The molecule has 3 atom stereocenters. The van der Waals surface area contributed by atoms with Crippen molar-refractivity contribution in [3.8, 4) is 22.4 Å². The van der Waals surface area contributed by atoms with Gasteiger partial charge in [-0.15, -0.1) is 0 Å². The fourth-order valence-electron chi connectivity index (χ4n) is 6.91. The number of carbonyl (C=O) groups excluding carboxylic acids is 1. The molecule has 260 valence electrons. The first-order valence-corrected chi connectivity index (χ1v) is 17.7. The summed E-state index contributed by atoms with van der Waals surface area (Å²) in [6, 6.07) is 36.3. The number of hydrogen-bond donors (Lipinski definition) is 1. The van der Waals surface area contributed by atoms with E-state index >= 15 is 0 Å². The summed E-state index contributed by atoms with van der Waals surface area (Å²) in [7, 11) is 0. The molecule has 1 aliphatic rings. The van der Waals surface area contributed by atoms with Crippen LogP contribution in [-0.4, -0.2) is 35.1 Å². The number of halogens is 1. The first-order chi connectivity index (χ1) is 24.3. The minimum absolute atomic E-state index is 0.00515. The first-order valence-electron chi connectivity index (χ1n) is 17.7. The molecule has 5 aromatic rings. The lowest BCUT2D eigenvalue weighted by Crippen LogP contribution is -2.40. The topological polar surface area (TPSA) is 61.7 Å². The van der Waals surface area contributed by atoms with Crippen LogP contribution < -0.4 is 5.32 Å². The van der Waals surface area contributed by atoms with E-state index in [0.29, 0.717) is 31.6 Å². The first kappa shape index (κ1) is 35.3. The van der Waals surface area contributed by atoms with Gasteiger partial charge >= 0.3 is 0 Å². The number of nitrogens with one attached hydrogen (secondary N) is 1. The lowest BCUT2D eigenvalue weighted by atomic mass is 9.94. The molecule has 0 spiro atoms. The maximum absolute atomic E-state index is 14.4. The fraction of sp³-hybridized carbons (Fsp3) is 0.326. The zero-order chi connectivity index (χ0) is 35.0. The van der Waals surface area contributed by atoms with Gasteiger partial charge in [0, 0.05) is 36.3 Å². The summed E-state index contributed by atoms with van der Waals surface area (Å²) in [5, 5.41) is 3.16. The summed E-state index contributed by atoms with van der Waals surface area (Å²) in [4.78, 5) is 14.4. The molecule has 1 unspecified atom stereocenters. The Balaban J connectivity index is 1.40. The summed E-state index contributed by atoms with van der Waals surface area (Å²) < 4.78 is 35.8. The van der Waals surface area contributed by atoms with Crippen LogP contribution in [0, 0.1) is 5.82 Å². The summed E-state index contributed by atoms with van der Waals surface area (Å²) in [5.41, 5.74) is 6.83. The SMILES string of the molecule is CC(C)OC1C[C@H](OCc2ccccc2)C[C@@H](CCn2c(-c3ccc(F)cc3)c(-c3ccccc3)c(C(=O)Nc3ccccc3)c2C(C)C)O1. The standard InChI is InChI=1S/C43H47FN2O4/c1-29(2)41-40(43(47)45-35-18-12-7-13-19-35)39(32-16-10-6-11-17-32)42(33-20-22-34(44)23-21-33)46(41)25-24-36-26-37(27-38(50-36)49-30(3)4)48-28-31-14-8-5-9-15-31/h5-23,29-30,36-38H,24-28H2,1-4H3,(H,45,47)/t36-,37-,38?/m1/s1. The molecule has 1 saturated heterocycles. The maximum atomic E-state index is 14.4.